The van der Waals surface area contributed by atoms with Crippen LogP contribution in [-0.4, -0.2) is 81.3 Å². The zero-order valence-electron chi connectivity index (χ0n) is 14.6. The average Bonchev–Trinajstić information content (AvgIpc) is 3.15. The van der Waals surface area contributed by atoms with E-state index in [0.29, 0.717) is 13.0 Å². The lowest BCUT2D eigenvalue weighted by atomic mass is 9.79. The molecule has 0 unspecified atom stereocenters. The van der Waals surface area contributed by atoms with Crippen LogP contribution in [0.5, 0.6) is 0 Å². The maximum atomic E-state index is 12.5. The molecule has 1 aliphatic carbocycles. The van der Waals surface area contributed by atoms with Crippen LogP contribution >= 0.6 is 0 Å². The van der Waals surface area contributed by atoms with E-state index in [1.807, 2.05) is 11.9 Å². The van der Waals surface area contributed by atoms with Gasteiger partial charge in [0.15, 0.2) is 0 Å². The summed E-state index contributed by atoms with van der Waals surface area (Å²) in [6, 6.07) is 0. The third-order valence-corrected chi connectivity index (χ3v) is 5.37. The molecule has 1 amide bonds. The molecule has 0 N–H and O–H groups in total. The zero-order valence-corrected chi connectivity index (χ0v) is 14.6. The number of aromatic nitrogens is 4. The first kappa shape index (κ1) is 17.3. The summed E-state index contributed by atoms with van der Waals surface area (Å²) in [5, 5.41) is 11.0. The fourth-order valence-corrected chi connectivity index (χ4v) is 4.04. The molecule has 0 spiro atoms. The van der Waals surface area contributed by atoms with Crippen LogP contribution in [0.15, 0.2) is 6.33 Å². The Labute approximate surface area is 143 Å². The van der Waals surface area contributed by atoms with Crippen molar-refractivity contribution in [2.75, 3.05) is 39.9 Å². The smallest absolute Gasteiger partial charge is 0.224 e. The molecule has 2 fully saturated rings. The highest BCUT2D eigenvalue weighted by atomic mass is 16.5. The van der Waals surface area contributed by atoms with Crippen molar-refractivity contribution in [3.05, 3.63) is 6.33 Å². The number of ether oxygens (including phenoxy) is 1. The Hall–Kier alpha value is -1.54. The first-order valence-corrected chi connectivity index (χ1v) is 8.97. The lowest BCUT2D eigenvalue weighted by molar-refractivity contribution is -0.133. The van der Waals surface area contributed by atoms with Crippen LogP contribution in [0.3, 0.4) is 0 Å². The topological polar surface area (TPSA) is 76.4 Å². The predicted octanol–water partition coefficient (Wildman–Crippen LogP) is 0.557. The van der Waals surface area contributed by atoms with E-state index in [9.17, 15) is 4.79 Å². The highest BCUT2D eigenvalue weighted by Crippen LogP contribution is 2.35. The van der Waals surface area contributed by atoms with Gasteiger partial charge >= 0.3 is 0 Å². The van der Waals surface area contributed by atoms with Crippen molar-refractivity contribution >= 4 is 5.91 Å². The number of hydrogen-bond donors (Lipinski definition) is 0. The fraction of sp³-hybridized carbons (Fsp3) is 0.875. The van der Waals surface area contributed by atoms with Gasteiger partial charge in [0.1, 0.15) is 6.33 Å². The molecule has 0 atom stereocenters. The molecule has 2 heterocycles. The lowest BCUT2D eigenvalue weighted by Gasteiger charge is -2.49. The van der Waals surface area contributed by atoms with Crippen molar-refractivity contribution in [2.45, 2.75) is 50.6 Å². The molecule has 8 heteroatoms. The minimum absolute atomic E-state index is 0.126. The molecule has 1 aromatic heterocycles. The molecule has 8 nitrogen and oxygen atoms in total. The second kappa shape index (κ2) is 8.02. The van der Waals surface area contributed by atoms with Crippen molar-refractivity contribution in [1.29, 1.82) is 0 Å². The minimum atomic E-state index is 0.126. The molecule has 1 aromatic rings. The van der Waals surface area contributed by atoms with Crippen molar-refractivity contribution in [1.82, 2.24) is 30.0 Å². The van der Waals surface area contributed by atoms with Gasteiger partial charge in [0.25, 0.3) is 0 Å². The van der Waals surface area contributed by atoms with Crippen LogP contribution in [0.25, 0.3) is 0 Å². The van der Waals surface area contributed by atoms with E-state index >= 15 is 0 Å². The third kappa shape index (κ3) is 4.10. The van der Waals surface area contributed by atoms with Gasteiger partial charge in [-0.05, 0) is 23.3 Å². The van der Waals surface area contributed by atoms with Crippen LogP contribution in [0, 0.1) is 0 Å². The molecule has 1 saturated heterocycles. The van der Waals surface area contributed by atoms with Gasteiger partial charge in [-0.3, -0.25) is 9.69 Å². The molecule has 1 aliphatic heterocycles. The second-order valence-corrected chi connectivity index (χ2v) is 6.96. The summed E-state index contributed by atoms with van der Waals surface area (Å²) in [6.07, 6.45) is 8.15. The Balaban J connectivity index is 1.59. The molecule has 24 heavy (non-hydrogen) atoms. The number of likely N-dealkylation sites (N-methyl/N-ethyl adjacent to an activating group) is 1. The predicted molar refractivity (Wildman–Crippen MR) is 88.3 cm³/mol. The van der Waals surface area contributed by atoms with Crippen LogP contribution in [0.1, 0.15) is 38.5 Å². The maximum Gasteiger partial charge on any atom is 0.224 e. The Kier molecular flexibility index (Phi) is 5.78. The van der Waals surface area contributed by atoms with E-state index in [1.165, 1.54) is 32.1 Å². The monoisotopic (exact) mass is 336 g/mol. The standard InChI is InChI=1S/C16H28N6O2/c1-20(15(23)5-8-22-14-17-18-19-22)13-16(6-3-2-4-7-16)21-9-11-24-12-10-21/h14H,2-13H2,1H3. The first-order valence-electron chi connectivity index (χ1n) is 8.97. The average molecular weight is 336 g/mol. The van der Waals surface area contributed by atoms with E-state index in [-0.39, 0.29) is 11.4 Å². The van der Waals surface area contributed by atoms with Gasteiger partial charge in [0.05, 0.1) is 19.8 Å². The summed E-state index contributed by atoms with van der Waals surface area (Å²) in [7, 11) is 1.93. The molecule has 0 radical (unpaired) electrons. The Bertz CT molecular complexity index is 509. The van der Waals surface area contributed by atoms with Crippen LogP contribution in [0.2, 0.25) is 0 Å². The summed E-state index contributed by atoms with van der Waals surface area (Å²) >= 11 is 0. The summed E-state index contributed by atoms with van der Waals surface area (Å²) in [6.45, 7) is 4.90. The van der Waals surface area contributed by atoms with E-state index < -0.39 is 0 Å². The Morgan fingerprint density at radius 1 is 1.25 bits per heavy atom. The zero-order chi connectivity index (χ0) is 16.8. The highest BCUT2D eigenvalue weighted by molar-refractivity contribution is 5.75. The lowest BCUT2D eigenvalue weighted by Crippen LogP contribution is -2.59. The Morgan fingerprint density at radius 3 is 2.67 bits per heavy atom. The number of hydrogen-bond acceptors (Lipinski definition) is 6. The van der Waals surface area contributed by atoms with E-state index in [4.69, 9.17) is 4.74 Å². The SMILES string of the molecule is CN(CC1(N2CCOCC2)CCCCC1)C(=O)CCn1cnnn1. The van der Waals surface area contributed by atoms with Crippen LogP contribution < -0.4 is 0 Å². The molecule has 134 valence electrons. The normalized spacial score (nSPS) is 21.5. The molecule has 3 rings (SSSR count). The van der Waals surface area contributed by atoms with Gasteiger partial charge in [0.2, 0.25) is 5.91 Å². The van der Waals surface area contributed by atoms with Gasteiger partial charge in [-0.1, -0.05) is 19.3 Å². The summed E-state index contributed by atoms with van der Waals surface area (Å²) in [5.74, 6) is 0.156. The maximum absolute atomic E-state index is 12.5. The molecule has 2 aliphatic rings. The van der Waals surface area contributed by atoms with Gasteiger partial charge in [-0.15, -0.1) is 5.10 Å². The van der Waals surface area contributed by atoms with Gasteiger partial charge in [-0.25, -0.2) is 4.68 Å². The van der Waals surface area contributed by atoms with Crippen molar-refractivity contribution in [3.8, 4) is 0 Å². The molecule has 0 aromatic carbocycles. The minimum Gasteiger partial charge on any atom is -0.379 e. The number of carbonyl (C=O) groups excluding carboxylic acids is 1. The van der Waals surface area contributed by atoms with Crippen LogP contribution in [0.4, 0.5) is 0 Å². The first-order chi connectivity index (χ1) is 11.7. The highest BCUT2D eigenvalue weighted by Gasteiger charge is 2.40. The largest absolute Gasteiger partial charge is 0.379 e. The summed E-state index contributed by atoms with van der Waals surface area (Å²) < 4.78 is 7.13. The molecular formula is C16H28N6O2. The molecule has 1 saturated carbocycles. The number of carbonyl (C=O) groups is 1. The molecule has 0 bridgehead atoms. The van der Waals surface area contributed by atoms with E-state index in [2.05, 4.69) is 20.4 Å². The number of amides is 1. The summed E-state index contributed by atoms with van der Waals surface area (Å²) in [5.41, 5.74) is 0.126. The number of tetrazole rings is 1. The van der Waals surface area contributed by atoms with E-state index in [1.54, 1.807) is 11.0 Å². The van der Waals surface area contributed by atoms with Crippen molar-refractivity contribution in [3.63, 3.8) is 0 Å². The molecular weight excluding hydrogens is 308 g/mol. The van der Waals surface area contributed by atoms with Crippen molar-refractivity contribution < 1.29 is 9.53 Å². The summed E-state index contributed by atoms with van der Waals surface area (Å²) in [4.78, 5) is 17.0. The van der Waals surface area contributed by atoms with Gasteiger partial charge < -0.3 is 9.64 Å². The Morgan fingerprint density at radius 2 is 2.00 bits per heavy atom. The van der Waals surface area contributed by atoms with Gasteiger partial charge in [0, 0.05) is 38.6 Å². The van der Waals surface area contributed by atoms with E-state index in [0.717, 1.165) is 32.8 Å². The van der Waals surface area contributed by atoms with Crippen LogP contribution in [-0.2, 0) is 16.1 Å². The fourth-order valence-electron chi connectivity index (χ4n) is 4.04. The number of rotatable bonds is 6. The second-order valence-electron chi connectivity index (χ2n) is 6.96. The van der Waals surface area contributed by atoms with Gasteiger partial charge in [-0.2, -0.15) is 0 Å². The number of morpholine rings is 1. The third-order valence-electron chi connectivity index (χ3n) is 5.37. The van der Waals surface area contributed by atoms with Crippen molar-refractivity contribution in [2.24, 2.45) is 0 Å². The number of nitrogens with zero attached hydrogens (tertiary/aromatic N) is 6. The number of aryl methyl sites for hydroxylation is 1. The quantitative estimate of drug-likeness (QED) is 0.755.